The fourth-order valence-corrected chi connectivity index (χ4v) is 2.71. The summed E-state index contributed by atoms with van der Waals surface area (Å²) in [4.78, 5) is 11.5. The number of hydrogen-bond donors (Lipinski definition) is 0. The molecule has 0 radical (unpaired) electrons. The largest absolute Gasteiger partial charge is 0.493 e. The van der Waals surface area contributed by atoms with Gasteiger partial charge in [0.05, 0.1) is 19.3 Å². The second-order valence-corrected chi connectivity index (χ2v) is 5.83. The third-order valence-electron chi connectivity index (χ3n) is 3.52. The Balaban J connectivity index is 2.53. The Morgan fingerprint density at radius 3 is 2.70 bits per heavy atom. The molecular weight excluding hydrogens is 312 g/mol. The minimum absolute atomic E-state index is 0.141. The summed E-state index contributed by atoms with van der Waals surface area (Å²) in [6.45, 7) is 7.04. The van der Waals surface area contributed by atoms with Gasteiger partial charge in [-0.2, -0.15) is 0 Å². The van der Waals surface area contributed by atoms with Gasteiger partial charge in [-0.1, -0.05) is 13.0 Å². The van der Waals surface area contributed by atoms with E-state index in [0.717, 1.165) is 18.6 Å². The Morgan fingerprint density at radius 2 is 2.04 bits per heavy atom. The lowest BCUT2D eigenvalue weighted by Gasteiger charge is -2.13. The van der Waals surface area contributed by atoms with E-state index in [4.69, 9.17) is 13.7 Å². The molecule has 0 fully saturated rings. The summed E-state index contributed by atoms with van der Waals surface area (Å²) in [5.41, 5.74) is 2.41. The van der Waals surface area contributed by atoms with E-state index in [1.54, 1.807) is 0 Å². The van der Waals surface area contributed by atoms with Crippen LogP contribution in [0.4, 0.5) is 0 Å². The van der Waals surface area contributed by atoms with E-state index < -0.39 is 0 Å². The molecule has 0 spiro atoms. The number of carbonyl (C=O) groups excluding carboxylic acids is 1. The molecule has 0 bridgehead atoms. The summed E-state index contributed by atoms with van der Waals surface area (Å²) in [6.07, 6.45) is 5.00. The van der Waals surface area contributed by atoms with Crippen LogP contribution in [0.15, 0.2) is 18.2 Å². The molecule has 0 saturated heterocycles. The van der Waals surface area contributed by atoms with Crippen molar-refractivity contribution in [1.82, 2.24) is 0 Å². The molecule has 0 aliphatic heterocycles. The Labute approximate surface area is 144 Å². The zero-order chi connectivity index (χ0) is 17.1. The van der Waals surface area contributed by atoms with Gasteiger partial charge in [-0.3, -0.25) is 4.79 Å². The molecule has 5 heteroatoms. The number of ether oxygens (including phenoxy) is 2. The van der Waals surface area contributed by atoms with E-state index >= 15 is 0 Å². The van der Waals surface area contributed by atoms with Crippen LogP contribution in [0, 0.1) is 0 Å². The van der Waals surface area contributed by atoms with Crippen LogP contribution in [-0.2, 0) is 26.6 Å². The van der Waals surface area contributed by atoms with E-state index in [1.165, 1.54) is 23.2 Å². The summed E-state index contributed by atoms with van der Waals surface area (Å²) in [6, 6.07) is 6.09. The average molecular weight is 340 g/mol. The first-order valence-corrected chi connectivity index (χ1v) is 9.35. The molecule has 23 heavy (non-hydrogen) atoms. The second-order valence-electron chi connectivity index (χ2n) is 5.30. The normalized spacial score (nSPS) is 12.0. The molecule has 0 aliphatic rings. The first kappa shape index (κ1) is 19.8. The van der Waals surface area contributed by atoms with Crippen molar-refractivity contribution in [1.29, 1.82) is 0 Å². The van der Waals surface area contributed by atoms with Gasteiger partial charge in [0, 0.05) is 19.1 Å². The Bertz CT molecular complexity index is 476. The fraction of sp³-hybridized carbons (Fsp3) is 0.611. The van der Waals surface area contributed by atoms with Crippen molar-refractivity contribution in [3.63, 3.8) is 0 Å². The van der Waals surface area contributed by atoms with Crippen LogP contribution >= 0.6 is 12.0 Å². The lowest BCUT2D eigenvalue weighted by Crippen LogP contribution is -2.10. The van der Waals surface area contributed by atoms with Crippen molar-refractivity contribution in [3.05, 3.63) is 29.3 Å². The Hall–Kier alpha value is -1.20. The number of hydrogen-bond acceptors (Lipinski definition) is 5. The van der Waals surface area contributed by atoms with Crippen LogP contribution < -0.4 is 4.74 Å². The molecule has 1 rings (SSSR count). The van der Waals surface area contributed by atoms with Crippen LogP contribution in [-0.4, -0.2) is 31.5 Å². The van der Waals surface area contributed by atoms with E-state index in [-0.39, 0.29) is 12.1 Å². The molecule has 0 aromatic heterocycles. The fourth-order valence-electron chi connectivity index (χ4n) is 2.29. The highest BCUT2D eigenvalue weighted by molar-refractivity contribution is 7.93. The van der Waals surface area contributed by atoms with Crippen LogP contribution in [0.5, 0.6) is 5.75 Å². The van der Waals surface area contributed by atoms with E-state index in [9.17, 15) is 4.79 Å². The van der Waals surface area contributed by atoms with Gasteiger partial charge < -0.3 is 13.7 Å². The molecule has 0 aliphatic carbocycles. The van der Waals surface area contributed by atoms with Gasteiger partial charge in [0.25, 0.3) is 0 Å². The van der Waals surface area contributed by atoms with Crippen LogP contribution in [0.3, 0.4) is 0 Å². The average Bonchev–Trinajstić information content (AvgIpc) is 2.54. The maximum Gasteiger partial charge on any atom is 0.306 e. The van der Waals surface area contributed by atoms with E-state index in [2.05, 4.69) is 19.1 Å². The van der Waals surface area contributed by atoms with Crippen LogP contribution in [0.1, 0.15) is 44.7 Å². The first-order chi connectivity index (χ1) is 11.1. The number of aryl methyl sites for hydroxylation is 2. The molecular formula is C18H28O4S. The number of esters is 1. The number of benzene rings is 1. The third kappa shape index (κ3) is 7.75. The summed E-state index contributed by atoms with van der Waals surface area (Å²) >= 11 is 1.38. The van der Waals surface area contributed by atoms with Gasteiger partial charge in [0.1, 0.15) is 5.75 Å². The van der Waals surface area contributed by atoms with Gasteiger partial charge in [-0.05, 0) is 62.0 Å². The van der Waals surface area contributed by atoms with Crippen molar-refractivity contribution < 1.29 is 18.5 Å². The standard InChI is InChI=1S/C18H28O4S/c1-5-15-13-17(21-12-11-14(3)22-23-4)9-7-16(15)8-10-18(19)20-6-2/h7,9,13-14H,5-6,8,10-12H2,1-4H3/t14-/m1/s1. The molecule has 130 valence electrons. The zero-order valence-corrected chi connectivity index (χ0v) is 15.4. The van der Waals surface area contributed by atoms with Gasteiger partial charge in [0.15, 0.2) is 0 Å². The highest BCUT2D eigenvalue weighted by Gasteiger charge is 2.08. The van der Waals surface area contributed by atoms with Gasteiger partial charge >= 0.3 is 5.97 Å². The SMILES string of the molecule is CCOC(=O)CCc1ccc(OCC[C@@H](C)OSC)cc1CC. The summed E-state index contributed by atoms with van der Waals surface area (Å²) in [5, 5.41) is 0. The topological polar surface area (TPSA) is 44.8 Å². The van der Waals surface area contributed by atoms with Gasteiger partial charge in [-0.25, -0.2) is 0 Å². The van der Waals surface area contributed by atoms with Crippen molar-refractivity contribution in [3.8, 4) is 5.75 Å². The predicted molar refractivity (Wildman–Crippen MR) is 94.9 cm³/mol. The number of rotatable bonds is 11. The summed E-state index contributed by atoms with van der Waals surface area (Å²) in [7, 11) is 0. The molecule has 0 heterocycles. The molecule has 4 nitrogen and oxygen atoms in total. The third-order valence-corrected chi connectivity index (χ3v) is 4.04. The van der Waals surface area contributed by atoms with Crippen molar-refractivity contribution in [2.75, 3.05) is 19.5 Å². The van der Waals surface area contributed by atoms with E-state index in [1.807, 2.05) is 26.2 Å². The van der Waals surface area contributed by atoms with Crippen molar-refractivity contribution >= 4 is 18.0 Å². The Morgan fingerprint density at radius 1 is 1.26 bits per heavy atom. The smallest absolute Gasteiger partial charge is 0.306 e. The van der Waals surface area contributed by atoms with Crippen LogP contribution in [0.2, 0.25) is 0 Å². The van der Waals surface area contributed by atoms with E-state index in [0.29, 0.717) is 26.1 Å². The monoisotopic (exact) mass is 340 g/mol. The maximum atomic E-state index is 11.5. The molecule has 1 aromatic carbocycles. The first-order valence-electron chi connectivity index (χ1n) is 8.20. The van der Waals surface area contributed by atoms with Crippen LogP contribution in [0.25, 0.3) is 0 Å². The number of carbonyl (C=O) groups is 1. The lowest BCUT2D eigenvalue weighted by molar-refractivity contribution is -0.143. The van der Waals surface area contributed by atoms with Gasteiger partial charge in [-0.15, -0.1) is 0 Å². The second kappa shape index (κ2) is 11.4. The minimum Gasteiger partial charge on any atom is -0.493 e. The maximum absolute atomic E-state index is 11.5. The minimum atomic E-state index is -0.141. The molecule has 0 amide bonds. The highest BCUT2D eigenvalue weighted by atomic mass is 32.2. The quantitative estimate of drug-likeness (QED) is 0.446. The molecule has 1 atom stereocenters. The molecule has 0 unspecified atom stereocenters. The van der Waals surface area contributed by atoms with Crippen molar-refractivity contribution in [2.45, 2.75) is 52.6 Å². The predicted octanol–water partition coefficient (Wildman–Crippen LogP) is 4.20. The van der Waals surface area contributed by atoms with Crippen molar-refractivity contribution in [2.24, 2.45) is 0 Å². The van der Waals surface area contributed by atoms with Gasteiger partial charge in [0.2, 0.25) is 0 Å². The summed E-state index contributed by atoms with van der Waals surface area (Å²) < 4.78 is 16.2. The molecule has 0 saturated carbocycles. The Kier molecular flexibility index (Phi) is 9.80. The summed E-state index contributed by atoms with van der Waals surface area (Å²) in [5.74, 6) is 0.732. The zero-order valence-electron chi connectivity index (χ0n) is 14.6. The lowest BCUT2D eigenvalue weighted by atomic mass is 10.0. The molecule has 1 aromatic rings. The molecule has 0 N–H and O–H groups in total. The highest BCUT2D eigenvalue weighted by Crippen LogP contribution is 2.20.